The van der Waals surface area contributed by atoms with E-state index in [1.807, 2.05) is 0 Å². The van der Waals surface area contributed by atoms with Crippen molar-refractivity contribution >= 4 is 23.1 Å². The minimum absolute atomic E-state index is 0. The van der Waals surface area contributed by atoms with Gasteiger partial charge in [-0.15, -0.1) is 5.75 Å². The molecular weight excluding hydrogens is 336 g/mol. The number of benzene rings is 1. The van der Waals surface area contributed by atoms with Gasteiger partial charge < -0.3 is 22.1 Å². The summed E-state index contributed by atoms with van der Waals surface area (Å²) in [7, 11) is 0. The first kappa shape index (κ1) is 23.5. The molecule has 1 rings (SSSR count). The maximum atomic E-state index is 12.7. The van der Waals surface area contributed by atoms with E-state index in [2.05, 4.69) is 74.4 Å². The molecule has 0 fully saturated rings. The van der Waals surface area contributed by atoms with Crippen LogP contribution in [0.5, 0.6) is 5.75 Å². The molecule has 0 aromatic heterocycles. The normalized spacial score (nSPS) is 12.4. The molecule has 1 aromatic carbocycles. The summed E-state index contributed by atoms with van der Waals surface area (Å²) in [4.78, 5) is 0. The van der Waals surface area contributed by atoms with Crippen LogP contribution in [-0.4, -0.2) is 23.1 Å². The number of rotatable bonds is 0. The Morgan fingerprint density at radius 2 is 0.952 bits per heavy atom. The SMILES string of the molecule is CC(C)(C)c1cc(C(C)(C)C)c([O-])c(C(C)(C)C)c1.[Br-].[Mg+2]. The Morgan fingerprint density at radius 3 is 1.14 bits per heavy atom. The van der Waals surface area contributed by atoms with E-state index in [0.29, 0.717) is 0 Å². The fraction of sp³-hybridized carbons (Fsp3) is 0.667. The molecule has 1 aromatic rings. The topological polar surface area (TPSA) is 23.1 Å². The molecule has 0 amide bonds. The number of hydrogen-bond donors (Lipinski definition) is 0. The minimum atomic E-state index is -0.113. The van der Waals surface area contributed by atoms with E-state index in [0.717, 1.165) is 11.1 Å². The van der Waals surface area contributed by atoms with Crippen LogP contribution >= 0.6 is 0 Å². The molecule has 0 bridgehead atoms. The zero-order valence-electron chi connectivity index (χ0n) is 15.1. The van der Waals surface area contributed by atoms with Gasteiger partial charge in [0, 0.05) is 0 Å². The van der Waals surface area contributed by atoms with E-state index >= 15 is 0 Å². The second-order valence-corrected chi connectivity index (χ2v) is 8.65. The summed E-state index contributed by atoms with van der Waals surface area (Å²) in [5.74, 6) is 0.216. The molecule has 0 aliphatic heterocycles. The molecule has 1 nitrogen and oxygen atoms in total. The summed E-state index contributed by atoms with van der Waals surface area (Å²) in [6.45, 7) is 19.3. The standard InChI is InChI=1S/C18H30O.BrH.Mg/c1-16(2,3)12-10-13(17(4,5)6)15(19)14(11-12)18(7,8)9;;/h10-11,19H,1-9H3;1H;/q;;+2/p-2. The average molecular weight is 366 g/mol. The van der Waals surface area contributed by atoms with Gasteiger partial charge in [-0.25, -0.2) is 0 Å². The third kappa shape index (κ3) is 5.76. The Hall–Kier alpha value is 0.266. The van der Waals surface area contributed by atoms with Gasteiger partial charge in [-0.1, -0.05) is 74.4 Å². The van der Waals surface area contributed by atoms with Crippen LogP contribution in [0.15, 0.2) is 12.1 Å². The Kier molecular flexibility index (Phi) is 8.10. The van der Waals surface area contributed by atoms with Gasteiger partial charge in [-0.3, -0.25) is 0 Å². The summed E-state index contributed by atoms with van der Waals surface area (Å²) in [6.07, 6.45) is 0. The van der Waals surface area contributed by atoms with E-state index in [1.54, 1.807) is 0 Å². The van der Waals surface area contributed by atoms with Crippen LogP contribution in [0.3, 0.4) is 0 Å². The molecule has 21 heavy (non-hydrogen) atoms. The van der Waals surface area contributed by atoms with Crippen LogP contribution in [0.4, 0.5) is 0 Å². The summed E-state index contributed by atoms with van der Waals surface area (Å²) >= 11 is 0. The van der Waals surface area contributed by atoms with Crippen LogP contribution in [0, 0.1) is 0 Å². The molecule has 3 heteroatoms. The van der Waals surface area contributed by atoms with Crippen molar-refractivity contribution in [2.24, 2.45) is 0 Å². The summed E-state index contributed by atoms with van der Waals surface area (Å²) in [5.41, 5.74) is 2.96. The largest absolute Gasteiger partial charge is 2.00 e. The van der Waals surface area contributed by atoms with Crippen LogP contribution in [-0.2, 0) is 16.2 Å². The second kappa shape index (κ2) is 7.23. The van der Waals surface area contributed by atoms with Gasteiger partial charge in [-0.05, 0) is 32.9 Å². The molecule has 0 radical (unpaired) electrons. The Morgan fingerprint density at radius 1 is 0.667 bits per heavy atom. The van der Waals surface area contributed by atoms with Crippen molar-refractivity contribution in [2.45, 2.75) is 78.6 Å². The van der Waals surface area contributed by atoms with Crippen molar-refractivity contribution in [3.8, 4) is 5.75 Å². The molecule has 0 N–H and O–H groups in total. The van der Waals surface area contributed by atoms with Crippen LogP contribution in [0.2, 0.25) is 0 Å². The third-order valence-electron chi connectivity index (χ3n) is 3.57. The van der Waals surface area contributed by atoms with Gasteiger partial charge in [0.2, 0.25) is 0 Å². The maximum absolute atomic E-state index is 12.7. The monoisotopic (exact) mass is 364 g/mol. The summed E-state index contributed by atoms with van der Waals surface area (Å²) in [6, 6.07) is 4.22. The van der Waals surface area contributed by atoms with Crippen LogP contribution in [0.1, 0.15) is 79.0 Å². The Balaban J connectivity index is 0. The quantitative estimate of drug-likeness (QED) is 0.635. The van der Waals surface area contributed by atoms with Crippen LogP contribution < -0.4 is 22.1 Å². The van der Waals surface area contributed by atoms with Crippen LogP contribution in [0.25, 0.3) is 0 Å². The minimum Gasteiger partial charge on any atom is -1.00 e. The molecule has 0 atom stereocenters. The van der Waals surface area contributed by atoms with E-state index in [1.165, 1.54) is 5.56 Å². The van der Waals surface area contributed by atoms with E-state index in [9.17, 15) is 5.11 Å². The molecular formula is C18H29BrMgO. The smallest absolute Gasteiger partial charge is 1.00 e. The molecule has 116 valence electrons. The predicted molar refractivity (Wildman–Crippen MR) is 87.7 cm³/mol. The number of hydrogen-bond acceptors (Lipinski definition) is 1. The fourth-order valence-electron chi connectivity index (χ4n) is 2.18. The zero-order valence-corrected chi connectivity index (χ0v) is 18.1. The van der Waals surface area contributed by atoms with Gasteiger partial charge in [-0.2, -0.15) is 0 Å². The Labute approximate surface area is 157 Å². The molecule has 0 heterocycles. The van der Waals surface area contributed by atoms with Crippen molar-refractivity contribution < 1.29 is 22.1 Å². The third-order valence-corrected chi connectivity index (χ3v) is 3.57. The summed E-state index contributed by atoms with van der Waals surface area (Å²) in [5, 5.41) is 12.7. The molecule has 0 saturated carbocycles. The maximum Gasteiger partial charge on any atom is 2.00 e. The fourth-order valence-corrected chi connectivity index (χ4v) is 2.18. The average Bonchev–Trinajstić information content (AvgIpc) is 2.11. The molecule has 0 spiro atoms. The van der Waals surface area contributed by atoms with Gasteiger partial charge in [0.25, 0.3) is 0 Å². The van der Waals surface area contributed by atoms with Gasteiger partial charge in [0.05, 0.1) is 0 Å². The van der Waals surface area contributed by atoms with E-state index in [4.69, 9.17) is 0 Å². The summed E-state index contributed by atoms with van der Waals surface area (Å²) < 4.78 is 0. The van der Waals surface area contributed by atoms with E-state index < -0.39 is 0 Å². The van der Waals surface area contributed by atoms with Crippen molar-refractivity contribution in [3.63, 3.8) is 0 Å². The van der Waals surface area contributed by atoms with Crippen molar-refractivity contribution in [2.75, 3.05) is 0 Å². The zero-order chi connectivity index (χ0) is 15.2. The molecule has 0 unspecified atom stereocenters. The van der Waals surface area contributed by atoms with Gasteiger partial charge in [0.15, 0.2) is 0 Å². The van der Waals surface area contributed by atoms with Crippen molar-refractivity contribution in [1.29, 1.82) is 0 Å². The first-order chi connectivity index (χ1) is 8.24. The second-order valence-electron chi connectivity index (χ2n) is 8.65. The molecule has 0 aliphatic rings. The van der Waals surface area contributed by atoms with Gasteiger partial charge in [0.1, 0.15) is 0 Å². The number of halogens is 1. The van der Waals surface area contributed by atoms with Crippen molar-refractivity contribution in [1.82, 2.24) is 0 Å². The first-order valence-corrected chi connectivity index (χ1v) is 7.11. The van der Waals surface area contributed by atoms with Gasteiger partial charge >= 0.3 is 23.1 Å². The molecule has 0 saturated heterocycles. The first-order valence-electron chi connectivity index (χ1n) is 7.11. The van der Waals surface area contributed by atoms with Crippen molar-refractivity contribution in [3.05, 3.63) is 28.8 Å². The van der Waals surface area contributed by atoms with E-state index in [-0.39, 0.29) is 62.0 Å². The Bertz CT molecular complexity index is 438. The predicted octanol–water partition coefficient (Wildman–Crippen LogP) is 1.28. The molecule has 0 aliphatic carbocycles.